The van der Waals surface area contributed by atoms with Gasteiger partial charge >= 0.3 is 11.9 Å². The number of carbonyl (C=O) groups is 2. The van der Waals surface area contributed by atoms with Gasteiger partial charge in [0.05, 0.1) is 12.2 Å². The van der Waals surface area contributed by atoms with Crippen LogP contribution in [0.5, 0.6) is 0 Å². The summed E-state index contributed by atoms with van der Waals surface area (Å²) >= 11 is 0. The van der Waals surface area contributed by atoms with E-state index in [0.717, 1.165) is 25.7 Å². The third-order valence-electron chi connectivity index (χ3n) is 4.90. The van der Waals surface area contributed by atoms with Crippen molar-refractivity contribution in [2.75, 3.05) is 0 Å². The third kappa shape index (κ3) is 23.0. The molecule has 0 saturated heterocycles. The second-order valence-corrected chi connectivity index (χ2v) is 8.87. The molecule has 30 heavy (non-hydrogen) atoms. The number of carbonyl (C=O) groups excluding carboxylic acids is 2. The first-order chi connectivity index (χ1) is 14.4. The van der Waals surface area contributed by atoms with E-state index in [1.165, 1.54) is 64.2 Å². The minimum Gasteiger partial charge on any atom is -0.463 e. The Morgan fingerprint density at radius 2 is 0.833 bits per heavy atom. The number of ether oxygens (including phenoxy) is 2. The first-order valence-electron chi connectivity index (χ1n) is 12.5. The lowest BCUT2D eigenvalue weighted by Crippen LogP contribution is -2.10. The van der Waals surface area contributed by atoms with Gasteiger partial charge < -0.3 is 9.47 Å². The van der Waals surface area contributed by atoms with Crippen molar-refractivity contribution in [2.24, 2.45) is 0 Å². The van der Waals surface area contributed by atoms with Crippen LogP contribution < -0.4 is 0 Å². The molecule has 0 rings (SSSR count). The predicted octanol–water partition coefficient (Wildman–Crippen LogP) is 7.69. The Kier molecular flexibility index (Phi) is 20.0. The molecule has 0 spiro atoms. The Balaban J connectivity index is 3.24. The molecule has 0 aliphatic heterocycles. The Hall–Kier alpha value is -1.32. The van der Waals surface area contributed by atoms with Crippen LogP contribution >= 0.6 is 0 Å². The van der Waals surface area contributed by atoms with Crippen LogP contribution in [0.2, 0.25) is 0 Å². The monoisotopic (exact) mass is 424 g/mol. The highest BCUT2D eigenvalue weighted by Gasteiger charge is 2.05. The van der Waals surface area contributed by atoms with Crippen LogP contribution in [0.25, 0.3) is 0 Å². The molecule has 0 amide bonds. The zero-order valence-corrected chi connectivity index (χ0v) is 20.3. The van der Waals surface area contributed by atoms with E-state index < -0.39 is 0 Å². The summed E-state index contributed by atoms with van der Waals surface area (Å²) in [4.78, 5) is 22.8. The fourth-order valence-corrected chi connectivity index (χ4v) is 3.36. The highest BCUT2D eigenvalue weighted by molar-refractivity contribution is 5.69. The van der Waals surface area contributed by atoms with Crippen molar-refractivity contribution >= 4 is 11.9 Å². The molecule has 0 aromatic heterocycles. The average molecular weight is 425 g/mol. The molecular formula is C26H48O4. The summed E-state index contributed by atoms with van der Waals surface area (Å²) in [6, 6.07) is 0. The molecule has 4 heteroatoms. The molecule has 0 saturated carbocycles. The van der Waals surface area contributed by atoms with E-state index in [2.05, 4.69) is 12.2 Å². The first-order valence-corrected chi connectivity index (χ1v) is 12.5. The molecule has 0 aliphatic rings. The standard InChI is InChI=1S/C26H48O4/c1-23(2)29-25(27)21-19-17-15-13-11-9-7-5-6-8-10-12-14-16-18-20-22-26(28)30-24(3)4/h5,7,23-24H,6,8-22H2,1-4H3/b7-5+. The smallest absolute Gasteiger partial charge is 0.306 e. The summed E-state index contributed by atoms with van der Waals surface area (Å²) < 4.78 is 10.3. The highest BCUT2D eigenvalue weighted by atomic mass is 16.5. The number of hydrogen-bond donors (Lipinski definition) is 0. The maximum Gasteiger partial charge on any atom is 0.306 e. The van der Waals surface area contributed by atoms with E-state index in [9.17, 15) is 9.59 Å². The molecule has 176 valence electrons. The Labute approximate surface area is 186 Å². The van der Waals surface area contributed by atoms with E-state index in [1.54, 1.807) is 0 Å². The second-order valence-electron chi connectivity index (χ2n) is 8.87. The molecule has 0 radical (unpaired) electrons. The van der Waals surface area contributed by atoms with Gasteiger partial charge in [-0.2, -0.15) is 0 Å². The molecule has 0 aromatic carbocycles. The van der Waals surface area contributed by atoms with Gasteiger partial charge in [-0.15, -0.1) is 0 Å². The van der Waals surface area contributed by atoms with Gasteiger partial charge in [0.1, 0.15) is 0 Å². The maximum atomic E-state index is 11.4. The van der Waals surface area contributed by atoms with Crippen LogP contribution in [0, 0.1) is 0 Å². The zero-order valence-electron chi connectivity index (χ0n) is 20.3. The molecular weight excluding hydrogens is 376 g/mol. The number of esters is 2. The number of allylic oxidation sites excluding steroid dienone is 2. The molecule has 0 bridgehead atoms. The summed E-state index contributed by atoms with van der Waals surface area (Å²) in [5, 5.41) is 0. The number of rotatable bonds is 20. The van der Waals surface area contributed by atoms with Gasteiger partial charge in [-0.3, -0.25) is 9.59 Å². The minimum absolute atomic E-state index is 0.00234. The van der Waals surface area contributed by atoms with Crippen molar-refractivity contribution < 1.29 is 19.1 Å². The molecule has 0 aromatic rings. The molecule has 0 heterocycles. The first kappa shape index (κ1) is 28.7. The fourth-order valence-electron chi connectivity index (χ4n) is 3.36. The SMILES string of the molecule is CC(C)OC(=O)CCCCCCC/C=C/CCCCCCCCCC(=O)OC(C)C. The highest BCUT2D eigenvalue weighted by Crippen LogP contribution is 2.12. The van der Waals surface area contributed by atoms with Gasteiger partial charge in [-0.25, -0.2) is 0 Å². The molecule has 0 aliphatic carbocycles. The van der Waals surface area contributed by atoms with Crippen molar-refractivity contribution in [3.05, 3.63) is 12.2 Å². The summed E-state index contributed by atoms with van der Waals surface area (Å²) in [7, 11) is 0. The second kappa shape index (κ2) is 20.9. The molecule has 0 unspecified atom stereocenters. The Morgan fingerprint density at radius 3 is 1.17 bits per heavy atom. The van der Waals surface area contributed by atoms with Crippen LogP contribution in [0.3, 0.4) is 0 Å². The van der Waals surface area contributed by atoms with E-state index in [1.807, 2.05) is 27.7 Å². The van der Waals surface area contributed by atoms with Gasteiger partial charge in [0.25, 0.3) is 0 Å². The molecule has 0 atom stereocenters. The summed E-state index contributed by atoms with van der Waals surface area (Å²) in [6.45, 7) is 7.58. The number of hydrogen-bond acceptors (Lipinski definition) is 4. The van der Waals surface area contributed by atoms with Crippen molar-refractivity contribution in [3.63, 3.8) is 0 Å². The normalized spacial score (nSPS) is 11.5. The predicted molar refractivity (Wildman–Crippen MR) is 125 cm³/mol. The Bertz CT molecular complexity index is 440. The molecule has 0 N–H and O–H groups in total. The topological polar surface area (TPSA) is 52.6 Å². The lowest BCUT2D eigenvalue weighted by atomic mass is 10.1. The lowest BCUT2D eigenvalue weighted by Gasteiger charge is -2.07. The fraction of sp³-hybridized carbons (Fsp3) is 0.846. The van der Waals surface area contributed by atoms with E-state index >= 15 is 0 Å². The average Bonchev–Trinajstić information content (AvgIpc) is 2.65. The summed E-state index contributed by atoms with van der Waals surface area (Å²) in [5.41, 5.74) is 0. The molecule has 0 fully saturated rings. The largest absolute Gasteiger partial charge is 0.463 e. The lowest BCUT2D eigenvalue weighted by molar-refractivity contribution is -0.148. The van der Waals surface area contributed by atoms with Crippen LogP contribution in [0.15, 0.2) is 12.2 Å². The third-order valence-corrected chi connectivity index (χ3v) is 4.90. The quantitative estimate of drug-likeness (QED) is 0.114. The van der Waals surface area contributed by atoms with Gasteiger partial charge in [0.2, 0.25) is 0 Å². The Morgan fingerprint density at radius 1 is 0.533 bits per heavy atom. The van der Waals surface area contributed by atoms with Crippen LogP contribution in [-0.4, -0.2) is 24.1 Å². The minimum atomic E-state index is -0.0587. The van der Waals surface area contributed by atoms with Crippen molar-refractivity contribution in [3.8, 4) is 0 Å². The van der Waals surface area contributed by atoms with Crippen LogP contribution in [0.4, 0.5) is 0 Å². The van der Waals surface area contributed by atoms with Gasteiger partial charge in [-0.05, 0) is 66.2 Å². The van der Waals surface area contributed by atoms with E-state index in [4.69, 9.17) is 9.47 Å². The van der Waals surface area contributed by atoms with Crippen LogP contribution in [0.1, 0.15) is 130 Å². The summed E-state index contributed by atoms with van der Waals surface area (Å²) in [6.07, 6.45) is 22.4. The summed E-state index contributed by atoms with van der Waals surface area (Å²) in [5.74, 6) is -0.114. The van der Waals surface area contributed by atoms with E-state index in [0.29, 0.717) is 12.8 Å². The number of unbranched alkanes of at least 4 members (excludes halogenated alkanes) is 12. The zero-order chi connectivity index (χ0) is 22.5. The van der Waals surface area contributed by atoms with Crippen molar-refractivity contribution in [1.29, 1.82) is 0 Å². The van der Waals surface area contributed by atoms with Gasteiger partial charge in [0.15, 0.2) is 0 Å². The van der Waals surface area contributed by atoms with Gasteiger partial charge in [0, 0.05) is 12.8 Å². The van der Waals surface area contributed by atoms with Crippen LogP contribution in [-0.2, 0) is 19.1 Å². The van der Waals surface area contributed by atoms with Crippen molar-refractivity contribution in [2.45, 2.75) is 143 Å². The van der Waals surface area contributed by atoms with Crippen molar-refractivity contribution in [1.82, 2.24) is 0 Å². The maximum absolute atomic E-state index is 11.4. The van der Waals surface area contributed by atoms with E-state index in [-0.39, 0.29) is 24.1 Å². The molecule has 4 nitrogen and oxygen atoms in total. The van der Waals surface area contributed by atoms with Gasteiger partial charge in [-0.1, -0.05) is 63.5 Å².